The van der Waals surface area contributed by atoms with E-state index in [1.165, 1.54) is 4.88 Å². The first-order valence-corrected chi connectivity index (χ1v) is 18.8. The molecule has 2 amide bonds. The van der Waals surface area contributed by atoms with Crippen LogP contribution in [0.25, 0.3) is 32.5 Å². The minimum atomic E-state index is -0.866. The number of ketones is 1. The molecule has 4 aromatic rings. The maximum absolute atomic E-state index is 13.8. The third-order valence-corrected chi connectivity index (χ3v) is 10.0. The van der Waals surface area contributed by atoms with Gasteiger partial charge in [-0.25, -0.2) is 14.8 Å². The summed E-state index contributed by atoms with van der Waals surface area (Å²) in [4.78, 5) is 56.9. The SMILES string of the molecule is CC(C)(C)/C=C\C(=O)CC[C@H](NC(=O)OC(C)(C)C)C(=O)N1CCN(Cc2cc3nc(-c4cccc5[nH]ncc45)nc(N4CCOCC4)c3s2)CC1. The van der Waals surface area contributed by atoms with E-state index in [1.54, 1.807) is 43.1 Å². The Morgan fingerprint density at radius 2 is 1.79 bits per heavy atom. The Hall–Kier alpha value is -4.40. The number of fused-ring (bicyclic) bond motifs is 2. The van der Waals surface area contributed by atoms with Crippen molar-refractivity contribution in [3.63, 3.8) is 0 Å². The van der Waals surface area contributed by atoms with Crippen LogP contribution < -0.4 is 10.2 Å². The molecule has 278 valence electrons. The molecule has 5 heterocycles. The lowest BCUT2D eigenvalue weighted by Crippen LogP contribution is -2.55. The quantitative estimate of drug-likeness (QED) is 0.199. The van der Waals surface area contributed by atoms with Crippen molar-refractivity contribution < 1.29 is 23.9 Å². The Labute approximate surface area is 308 Å². The molecule has 2 aliphatic heterocycles. The summed E-state index contributed by atoms with van der Waals surface area (Å²) in [7, 11) is 0. The van der Waals surface area contributed by atoms with Gasteiger partial charge in [0, 0.05) is 68.1 Å². The number of H-pyrrole nitrogens is 1. The van der Waals surface area contributed by atoms with Gasteiger partial charge in [0.05, 0.1) is 35.1 Å². The highest BCUT2D eigenvalue weighted by molar-refractivity contribution is 7.19. The molecule has 0 bridgehead atoms. The Morgan fingerprint density at radius 1 is 1.04 bits per heavy atom. The Morgan fingerprint density at radius 3 is 2.50 bits per heavy atom. The van der Waals surface area contributed by atoms with Crippen LogP contribution in [0.2, 0.25) is 0 Å². The molecule has 52 heavy (non-hydrogen) atoms. The summed E-state index contributed by atoms with van der Waals surface area (Å²) in [5, 5.41) is 11.0. The van der Waals surface area contributed by atoms with Gasteiger partial charge in [-0.15, -0.1) is 11.3 Å². The van der Waals surface area contributed by atoms with Gasteiger partial charge in [-0.1, -0.05) is 39.0 Å². The van der Waals surface area contributed by atoms with Gasteiger partial charge in [0.1, 0.15) is 11.6 Å². The van der Waals surface area contributed by atoms with Crippen LogP contribution in [0.1, 0.15) is 59.3 Å². The summed E-state index contributed by atoms with van der Waals surface area (Å²) in [6.07, 6.45) is 4.90. The molecule has 1 atom stereocenters. The summed E-state index contributed by atoms with van der Waals surface area (Å²) in [6.45, 7) is 17.3. The molecule has 1 aromatic carbocycles. The highest BCUT2D eigenvalue weighted by Gasteiger charge is 2.31. The summed E-state index contributed by atoms with van der Waals surface area (Å²) < 4.78 is 12.2. The standard InChI is InChI=1S/C38H50N8O5S/c1-37(2,3)13-12-25(47)10-11-30(41-36(49)51-38(4,5)6)35(48)46-16-14-44(15-17-46)24-26-22-31-32(52-26)34(45-18-20-50-21-19-45)42-33(40-31)27-8-7-9-29-28(27)23-39-43-29/h7-9,12-13,22-23,30H,10-11,14-21,24H2,1-6H3,(H,39,43)(H,41,49)/b13-12-/t30-/m0/s1. The molecule has 0 saturated carbocycles. The second-order valence-electron chi connectivity index (χ2n) is 15.5. The van der Waals surface area contributed by atoms with Crippen LogP contribution in [-0.2, 0) is 25.6 Å². The van der Waals surface area contributed by atoms with E-state index in [9.17, 15) is 14.4 Å². The lowest BCUT2D eigenvalue weighted by atomic mass is 9.95. The van der Waals surface area contributed by atoms with Gasteiger partial charge in [0.15, 0.2) is 17.4 Å². The number of anilines is 1. The normalized spacial score (nSPS) is 16.9. The van der Waals surface area contributed by atoms with Gasteiger partial charge < -0.3 is 24.6 Å². The fourth-order valence-electron chi connectivity index (χ4n) is 6.30. The highest BCUT2D eigenvalue weighted by atomic mass is 32.1. The molecular weight excluding hydrogens is 681 g/mol. The minimum absolute atomic E-state index is 0.0843. The predicted octanol–water partition coefficient (Wildman–Crippen LogP) is 5.56. The molecule has 6 rings (SSSR count). The van der Waals surface area contributed by atoms with Crippen LogP contribution in [0.4, 0.5) is 10.6 Å². The molecular formula is C38H50N8O5S. The van der Waals surface area contributed by atoms with Crippen molar-refractivity contribution >= 4 is 56.1 Å². The smallest absolute Gasteiger partial charge is 0.408 e. The maximum Gasteiger partial charge on any atom is 0.408 e. The zero-order valence-corrected chi connectivity index (χ0v) is 31.8. The molecule has 0 aliphatic carbocycles. The van der Waals surface area contributed by atoms with Crippen molar-refractivity contribution in [1.82, 2.24) is 35.3 Å². The number of aromatic amines is 1. The van der Waals surface area contributed by atoms with Crippen molar-refractivity contribution in [3.05, 3.63) is 47.5 Å². The fourth-order valence-corrected chi connectivity index (χ4v) is 7.46. The maximum atomic E-state index is 13.8. The number of piperazine rings is 1. The molecule has 3 aromatic heterocycles. The molecule has 2 N–H and O–H groups in total. The number of alkyl carbamates (subject to hydrolysis) is 1. The number of amides is 2. The molecule has 2 aliphatic rings. The van der Waals surface area contributed by atoms with Crippen molar-refractivity contribution in [3.8, 4) is 11.4 Å². The number of allylic oxidation sites excluding steroid dienone is 2. The van der Waals surface area contributed by atoms with Gasteiger partial charge in [-0.2, -0.15) is 5.10 Å². The molecule has 2 fully saturated rings. The number of hydrogen-bond donors (Lipinski definition) is 2. The van der Waals surface area contributed by atoms with E-state index >= 15 is 0 Å². The summed E-state index contributed by atoms with van der Waals surface area (Å²) >= 11 is 1.71. The number of morpholine rings is 1. The van der Waals surface area contributed by atoms with Crippen molar-refractivity contribution in [2.45, 2.75) is 72.6 Å². The number of ether oxygens (including phenoxy) is 2. The molecule has 14 heteroatoms. The van der Waals surface area contributed by atoms with Crippen LogP contribution in [0.5, 0.6) is 0 Å². The van der Waals surface area contributed by atoms with Crippen LogP contribution in [0.3, 0.4) is 0 Å². The number of aromatic nitrogens is 4. The van der Waals surface area contributed by atoms with Gasteiger partial charge in [-0.3, -0.25) is 19.6 Å². The third-order valence-electron chi connectivity index (χ3n) is 8.94. The van der Waals surface area contributed by atoms with Gasteiger partial charge >= 0.3 is 6.09 Å². The largest absolute Gasteiger partial charge is 0.444 e. The van der Waals surface area contributed by atoms with E-state index in [4.69, 9.17) is 19.4 Å². The van der Waals surface area contributed by atoms with Crippen molar-refractivity contribution in [2.75, 3.05) is 57.4 Å². The van der Waals surface area contributed by atoms with E-state index in [0.717, 1.165) is 45.6 Å². The van der Waals surface area contributed by atoms with E-state index in [0.29, 0.717) is 51.8 Å². The van der Waals surface area contributed by atoms with E-state index in [-0.39, 0.29) is 29.9 Å². The van der Waals surface area contributed by atoms with Gasteiger partial charge in [-0.05, 0) is 50.8 Å². The second-order valence-corrected chi connectivity index (χ2v) is 16.7. The first kappa shape index (κ1) is 37.4. The average molecular weight is 731 g/mol. The first-order valence-electron chi connectivity index (χ1n) is 18.0. The minimum Gasteiger partial charge on any atom is -0.444 e. The topological polar surface area (TPSA) is 146 Å². The fraction of sp³-hybridized carbons (Fsp3) is 0.526. The average Bonchev–Trinajstić information content (AvgIpc) is 3.75. The lowest BCUT2D eigenvalue weighted by molar-refractivity contribution is -0.135. The van der Waals surface area contributed by atoms with E-state index < -0.39 is 17.7 Å². The Kier molecular flexibility index (Phi) is 11.3. The molecule has 2 saturated heterocycles. The predicted molar refractivity (Wildman–Crippen MR) is 203 cm³/mol. The highest BCUT2D eigenvalue weighted by Crippen LogP contribution is 2.36. The summed E-state index contributed by atoms with van der Waals surface area (Å²) in [5.74, 6) is 1.30. The number of thiophene rings is 1. The van der Waals surface area contributed by atoms with Crippen LogP contribution >= 0.6 is 11.3 Å². The number of hydrogen-bond acceptors (Lipinski definition) is 11. The number of nitrogens with one attached hydrogen (secondary N) is 2. The third kappa shape index (κ3) is 9.52. The molecule has 0 radical (unpaired) electrons. The van der Waals surface area contributed by atoms with Crippen LogP contribution in [-0.4, -0.2) is 112 Å². The van der Waals surface area contributed by atoms with Crippen LogP contribution in [0.15, 0.2) is 42.6 Å². The Balaban J connectivity index is 1.15. The second kappa shape index (κ2) is 15.7. The summed E-state index contributed by atoms with van der Waals surface area (Å²) in [6, 6.07) is 7.31. The van der Waals surface area contributed by atoms with Crippen molar-refractivity contribution in [1.29, 1.82) is 0 Å². The zero-order chi connectivity index (χ0) is 37.0. The van der Waals surface area contributed by atoms with Gasteiger partial charge in [0.25, 0.3) is 0 Å². The monoisotopic (exact) mass is 730 g/mol. The van der Waals surface area contributed by atoms with E-state index in [2.05, 4.69) is 31.4 Å². The number of rotatable bonds is 10. The van der Waals surface area contributed by atoms with Gasteiger partial charge in [0.2, 0.25) is 5.91 Å². The number of carbonyl (C=O) groups is 3. The first-order chi connectivity index (χ1) is 24.7. The zero-order valence-electron chi connectivity index (χ0n) is 31.0. The number of carbonyl (C=O) groups excluding carboxylic acids is 3. The van der Waals surface area contributed by atoms with E-state index in [1.807, 2.05) is 51.2 Å². The van der Waals surface area contributed by atoms with Crippen LogP contribution in [0, 0.1) is 5.41 Å². The van der Waals surface area contributed by atoms with Crippen molar-refractivity contribution in [2.24, 2.45) is 5.41 Å². The summed E-state index contributed by atoms with van der Waals surface area (Å²) in [5.41, 5.74) is 1.92. The Bertz CT molecular complexity index is 1930. The molecule has 0 spiro atoms. The molecule has 13 nitrogen and oxygen atoms in total. The lowest BCUT2D eigenvalue weighted by Gasteiger charge is -2.36. The number of nitrogens with zero attached hydrogens (tertiary/aromatic N) is 6. The molecule has 0 unspecified atom stereocenters. The number of benzene rings is 1.